The fraction of sp³-hybridized carbons (Fsp3) is 0.231. The third-order valence-electron chi connectivity index (χ3n) is 6.44. The van der Waals surface area contributed by atoms with E-state index in [1.165, 1.54) is 4.31 Å². The minimum Gasteiger partial charge on any atom is -0.508 e. The number of rotatable bonds is 6. The Bertz CT molecular complexity index is 1340. The number of halogens is 1. The first-order chi connectivity index (χ1) is 16.3. The van der Waals surface area contributed by atoms with Crippen LogP contribution in [-0.4, -0.2) is 42.6 Å². The topological polar surface area (TPSA) is 87.1 Å². The van der Waals surface area contributed by atoms with Crippen molar-refractivity contribution in [3.8, 4) is 11.5 Å². The van der Waals surface area contributed by atoms with Gasteiger partial charge in [0.1, 0.15) is 22.9 Å². The number of fused-ring (bicyclic) bond motifs is 2. The standard InChI is InChI=1S/C26H24ClNO5S/c1-2-28(19-9-7-18(27)8-10-19)34(31,32)23-15-22-24(16-3-11-20(29)12-4-16)25(26(23)33-22)17-5-13-21(30)14-6-17/h3-14,22-23,26,29-30H,2,15H2,1H3/t22-,23+,26+/m1/s1. The van der Waals surface area contributed by atoms with Gasteiger partial charge in [0.2, 0.25) is 10.0 Å². The minimum atomic E-state index is -3.77. The zero-order valence-electron chi connectivity index (χ0n) is 18.4. The van der Waals surface area contributed by atoms with Gasteiger partial charge in [-0.1, -0.05) is 35.9 Å². The van der Waals surface area contributed by atoms with Gasteiger partial charge in [-0.2, -0.15) is 0 Å². The molecule has 2 aliphatic heterocycles. The van der Waals surface area contributed by atoms with Gasteiger partial charge in [0.25, 0.3) is 0 Å². The van der Waals surface area contributed by atoms with Gasteiger partial charge in [-0.15, -0.1) is 0 Å². The van der Waals surface area contributed by atoms with Crippen LogP contribution in [0.5, 0.6) is 11.5 Å². The van der Waals surface area contributed by atoms with E-state index in [9.17, 15) is 18.6 Å². The lowest BCUT2D eigenvalue weighted by molar-refractivity contribution is 0.128. The second-order valence-electron chi connectivity index (χ2n) is 8.43. The third-order valence-corrected chi connectivity index (χ3v) is 8.98. The molecule has 6 nitrogen and oxygen atoms in total. The Hall–Kier alpha value is -3.00. The summed E-state index contributed by atoms with van der Waals surface area (Å²) in [5.74, 6) is 0.283. The van der Waals surface area contributed by atoms with Crippen molar-refractivity contribution in [1.82, 2.24) is 0 Å². The van der Waals surface area contributed by atoms with Crippen LogP contribution < -0.4 is 4.31 Å². The monoisotopic (exact) mass is 497 g/mol. The Morgan fingerprint density at radius 2 is 1.41 bits per heavy atom. The highest BCUT2D eigenvalue weighted by Gasteiger charge is 2.54. The van der Waals surface area contributed by atoms with Crippen molar-refractivity contribution in [3.63, 3.8) is 0 Å². The van der Waals surface area contributed by atoms with E-state index < -0.39 is 27.5 Å². The van der Waals surface area contributed by atoms with E-state index in [0.29, 0.717) is 17.1 Å². The number of hydrogen-bond acceptors (Lipinski definition) is 5. The van der Waals surface area contributed by atoms with E-state index in [1.54, 1.807) is 67.6 Å². The summed E-state index contributed by atoms with van der Waals surface area (Å²) in [6.07, 6.45) is -0.735. The van der Waals surface area contributed by atoms with Crippen LogP contribution in [0.3, 0.4) is 0 Å². The highest BCUT2D eigenvalue weighted by Crippen LogP contribution is 2.51. The average molecular weight is 498 g/mol. The molecule has 0 spiro atoms. The van der Waals surface area contributed by atoms with Gasteiger partial charge in [-0.25, -0.2) is 8.42 Å². The summed E-state index contributed by atoms with van der Waals surface area (Å²) in [6, 6.07) is 20.3. The molecule has 0 unspecified atom stereocenters. The highest BCUT2D eigenvalue weighted by molar-refractivity contribution is 7.93. The van der Waals surface area contributed by atoms with Crippen LogP contribution in [0, 0.1) is 0 Å². The number of benzene rings is 3. The number of sulfonamides is 1. The first-order valence-electron chi connectivity index (χ1n) is 11.0. The Morgan fingerprint density at radius 1 is 0.882 bits per heavy atom. The number of phenols is 2. The lowest BCUT2D eigenvalue weighted by Crippen LogP contribution is -2.43. The fourth-order valence-electron chi connectivity index (χ4n) is 4.92. The molecule has 0 radical (unpaired) electrons. The molecule has 0 aromatic heterocycles. The first kappa shape index (κ1) is 22.8. The molecule has 0 saturated carbocycles. The van der Waals surface area contributed by atoms with E-state index in [4.69, 9.17) is 16.3 Å². The molecule has 176 valence electrons. The molecule has 3 atom stereocenters. The highest BCUT2D eigenvalue weighted by atomic mass is 35.5. The van der Waals surface area contributed by atoms with Gasteiger partial charge < -0.3 is 14.9 Å². The molecular formula is C26H24ClNO5S. The fourth-order valence-corrected chi connectivity index (χ4v) is 7.08. The lowest BCUT2D eigenvalue weighted by Gasteiger charge is -2.31. The molecule has 34 heavy (non-hydrogen) atoms. The lowest BCUT2D eigenvalue weighted by atomic mass is 9.83. The van der Waals surface area contributed by atoms with Crippen LogP contribution >= 0.6 is 11.6 Å². The van der Waals surface area contributed by atoms with Crippen molar-refractivity contribution >= 4 is 38.5 Å². The second-order valence-corrected chi connectivity index (χ2v) is 10.9. The quantitative estimate of drug-likeness (QED) is 0.497. The predicted octanol–water partition coefficient (Wildman–Crippen LogP) is 5.06. The maximum Gasteiger partial charge on any atom is 0.241 e. The van der Waals surface area contributed by atoms with Gasteiger partial charge in [-0.3, -0.25) is 4.31 Å². The van der Waals surface area contributed by atoms with Crippen molar-refractivity contribution in [2.75, 3.05) is 10.8 Å². The molecule has 3 aromatic carbocycles. The van der Waals surface area contributed by atoms with Crippen LogP contribution in [0.2, 0.25) is 5.02 Å². The van der Waals surface area contributed by atoms with Gasteiger partial charge in [-0.05, 0) is 84.1 Å². The Labute approximate surface area is 203 Å². The number of anilines is 1. The predicted molar refractivity (Wildman–Crippen MR) is 133 cm³/mol. The summed E-state index contributed by atoms with van der Waals surface area (Å²) < 4.78 is 35.4. The van der Waals surface area contributed by atoms with Gasteiger partial charge in [0.15, 0.2) is 0 Å². The number of phenolic OH excluding ortho intramolecular Hbond substituents is 2. The first-order valence-corrected chi connectivity index (χ1v) is 12.9. The Kier molecular flexibility index (Phi) is 5.80. The van der Waals surface area contributed by atoms with E-state index in [1.807, 2.05) is 12.1 Å². The van der Waals surface area contributed by atoms with E-state index >= 15 is 0 Å². The SMILES string of the molecule is CCN(c1ccc(Cl)cc1)S(=O)(=O)[C@H]1C[C@H]2O[C@@H]1C(c1ccc(O)cc1)=C2c1ccc(O)cc1. The van der Waals surface area contributed by atoms with Crippen LogP contribution in [-0.2, 0) is 14.8 Å². The van der Waals surface area contributed by atoms with Crippen molar-refractivity contribution in [2.24, 2.45) is 0 Å². The zero-order valence-corrected chi connectivity index (χ0v) is 20.0. The average Bonchev–Trinajstić information content (AvgIpc) is 3.41. The number of ether oxygens (including phenoxy) is 1. The molecule has 3 aromatic rings. The molecule has 5 rings (SSSR count). The van der Waals surface area contributed by atoms with Gasteiger partial charge in [0, 0.05) is 11.6 Å². The summed E-state index contributed by atoms with van der Waals surface area (Å²) in [7, 11) is -3.77. The summed E-state index contributed by atoms with van der Waals surface area (Å²) in [4.78, 5) is 0. The summed E-state index contributed by atoms with van der Waals surface area (Å²) >= 11 is 6.01. The molecule has 2 bridgehead atoms. The van der Waals surface area contributed by atoms with Crippen LogP contribution in [0.4, 0.5) is 5.69 Å². The van der Waals surface area contributed by atoms with Crippen LogP contribution in [0.25, 0.3) is 11.1 Å². The van der Waals surface area contributed by atoms with Crippen molar-refractivity contribution < 1.29 is 23.4 Å². The smallest absolute Gasteiger partial charge is 0.241 e. The third kappa shape index (κ3) is 3.83. The van der Waals surface area contributed by atoms with Gasteiger partial charge in [0.05, 0.1) is 11.8 Å². The van der Waals surface area contributed by atoms with Gasteiger partial charge >= 0.3 is 0 Å². The number of aromatic hydroxyl groups is 2. The van der Waals surface area contributed by atoms with Crippen molar-refractivity contribution in [2.45, 2.75) is 30.8 Å². The van der Waals surface area contributed by atoms with E-state index in [0.717, 1.165) is 22.3 Å². The largest absolute Gasteiger partial charge is 0.508 e. The molecule has 0 amide bonds. The molecule has 0 aliphatic carbocycles. The summed E-state index contributed by atoms with van der Waals surface area (Å²) in [6.45, 7) is 2.08. The van der Waals surface area contributed by atoms with Crippen molar-refractivity contribution in [3.05, 3.63) is 88.9 Å². The van der Waals surface area contributed by atoms with Crippen LogP contribution in [0.1, 0.15) is 24.5 Å². The number of nitrogens with zero attached hydrogens (tertiary/aromatic N) is 1. The maximum atomic E-state index is 13.9. The maximum absolute atomic E-state index is 13.9. The Morgan fingerprint density at radius 3 is 1.94 bits per heavy atom. The molecule has 2 aliphatic rings. The van der Waals surface area contributed by atoms with E-state index in [-0.39, 0.29) is 18.0 Å². The second kappa shape index (κ2) is 8.65. The van der Waals surface area contributed by atoms with Crippen molar-refractivity contribution in [1.29, 1.82) is 0 Å². The minimum absolute atomic E-state index is 0.128. The summed E-state index contributed by atoms with van der Waals surface area (Å²) in [5, 5.41) is 19.3. The molecule has 1 saturated heterocycles. The molecule has 1 fully saturated rings. The van der Waals surface area contributed by atoms with E-state index in [2.05, 4.69) is 0 Å². The molecule has 8 heteroatoms. The normalized spacial score (nSPS) is 21.8. The molecule has 2 heterocycles. The van der Waals surface area contributed by atoms with Crippen LogP contribution in [0.15, 0.2) is 72.8 Å². The number of hydrogen-bond donors (Lipinski definition) is 2. The molecule has 2 N–H and O–H groups in total. The molecular weight excluding hydrogens is 474 g/mol. The summed E-state index contributed by atoms with van der Waals surface area (Å²) in [5.41, 5.74) is 3.93. The zero-order chi connectivity index (χ0) is 24.0. The Balaban J connectivity index is 1.59.